The van der Waals surface area contributed by atoms with Crippen molar-refractivity contribution in [1.82, 2.24) is 5.32 Å². The van der Waals surface area contributed by atoms with Gasteiger partial charge in [0.15, 0.2) is 0 Å². The first kappa shape index (κ1) is 13.1. The number of hydrogen-bond acceptors (Lipinski definition) is 5. The summed E-state index contributed by atoms with van der Waals surface area (Å²) in [5.41, 5.74) is 0.646. The van der Waals surface area contributed by atoms with Crippen LogP contribution >= 0.6 is 0 Å². The van der Waals surface area contributed by atoms with Gasteiger partial charge in [0.25, 0.3) is 0 Å². The number of amidine groups is 1. The standard InChI is InChI=1S/C14H16N2O3/c1-2-19-14(18)11(13-15-8-9-16-13)12(17)10-6-4-3-5-7-10/h3-7,17H,2,8-9H2,1H3,(H,15,16)/b12-11+. The van der Waals surface area contributed by atoms with Crippen molar-refractivity contribution in [3.05, 3.63) is 41.5 Å². The molecule has 0 saturated heterocycles. The summed E-state index contributed by atoms with van der Waals surface area (Å²) < 4.78 is 4.98. The van der Waals surface area contributed by atoms with Crippen molar-refractivity contribution in [3.8, 4) is 0 Å². The van der Waals surface area contributed by atoms with Crippen molar-refractivity contribution in [2.75, 3.05) is 19.7 Å². The molecule has 1 heterocycles. The van der Waals surface area contributed by atoms with E-state index in [9.17, 15) is 9.90 Å². The van der Waals surface area contributed by atoms with E-state index in [2.05, 4.69) is 10.3 Å². The molecule has 5 nitrogen and oxygen atoms in total. The second-order valence-corrected chi connectivity index (χ2v) is 3.97. The number of nitrogens with zero attached hydrogens (tertiary/aromatic N) is 1. The molecule has 0 bridgehead atoms. The van der Waals surface area contributed by atoms with Crippen LogP contribution < -0.4 is 5.32 Å². The van der Waals surface area contributed by atoms with Crippen molar-refractivity contribution in [2.45, 2.75) is 6.92 Å². The summed E-state index contributed by atoms with van der Waals surface area (Å²) in [6.45, 7) is 3.21. The van der Waals surface area contributed by atoms with Crippen LogP contribution in [0, 0.1) is 0 Å². The van der Waals surface area contributed by atoms with E-state index in [1.165, 1.54) is 0 Å². The monoisotopic (exact) mass is 260 g/mol. The van der Waals surface area contributed by atoms with Crippen molar-refractivity contribution in [3.63, 3.8) is 0 Å². The lowest BCUT2D eigenvalue weighted by Gasteiger charge is -2.10. The van der Waals surface area contributed by atoms with E-state index in [1.54, 1.807) is 31.2 Å². The van der Waals surface area contributed by atoms with Gasteiger partial charge < -0.3 is 15.2 Å². The van der Waals surface area contributed by atoms with E-state index in [4.69, 9.17) is 4.74 Å². The lowest BCUT2D eigenvalue weighted by Crippen LogP contribution is -2.27. The number of aliphatic hydroxyl groups is 1. The number of nitrogens with one attached hydrogen (secondary N) is 1. The van der Waals surface area contributed by atoms with Crippen LogP contribution in [-0.2, 0) is 9.53 Å². The van der Waals surface area contributed by atoms with E-state index in [0.717, 1.165) is 0 Å². The van der Waals surface area contributed by atoms with Crippen LogP contribution in [0.2, 0.25) is 0 Å². The van der Waals surface area contributed by atoms with E-state index in [0.29, 0.717) is 24.5 Å². The lowest BCUT2D eigenvalue weighted by atomic mass is 10.1. The maximum atomic E-state index is 12.0. The van der Waals surface area contributed by atoms with Crippen molar-refractivity contribution in [1.29, 1.82) is 0 Å². The Balaban J connectivity index is 2.44. The van der Waals surface area contributed by atoms with Crippen LogP contribution in [0.5, 0.6) is 0 Å². The molecule has 0 amide bonds. The Kier molecular flexibility index (Phi) is 4.18. The SMILES string of the molecule is CCOC(=O)/C(C1=NCCN1)=C(/O)c1ccccc1. The number of benzene rings is 1. The molecule has 2 rings (SSSR count). The first-order valence-electron chi connectivity index (χ1n) is 6.18. The molecule has 1 aliphatic heterocycles. The highest BCUT2D eigenvalue weighted by atomic mass is 16.5. The molecule has 1 aromatic rings. The van der Waals surface area contributed by atoms with E-state index < -0.39 is 5.97 Å². The summed E-state index contributed by atoms with van der Waals surface area (Å²) >= 11 is 0. The first-order chi connectivity index (χ1) is 9.24. The Bertz CT molecular complexity index is 521. The Morgan fingerprint density at radius 2 is 2.16 bits per heavy atom. The molecule has 100 valence electrons. The molecule has 0 aromatic heterocycles. The largest absolute Gasteiger partial charge is 0.506 e. The molecule has 1 aliphatic rings. The average Bonchev–Trinajstić information content (AvgIpc) is 2.94. The molecule has 0 fully saturated rings. The Labute approximate surface area is 111 Å². The predicted octanol–water partition coefficient (Wildman–Crippen LogP) is 1.52. The van der Waals surface area contributed by atoms with Gasteiger partial charge in [-0.1, -0.05) is 30.3 Å². The molecule has 5 heteroatoms. The fourth-order valence-corrected chi connectivity index (χ4v) is 1.81. The zero-order valence-corrected chi connectivity index (χ0v) is 10.7. The molecule has 0 atom stereocenters. The van der Waals surface area contributed by atoms with Crippen LogP contribution in [0.3, 0.4) is 0 Å². The fraction of sp³-hybridized carbons (Fsp3) is 0.286. The van der Waals surface area contributed by atoms with Crippen molar-refractivity contribution < 1.29 is 14.6 Å². The third-order valence-corrected chi connectivity index (χ3v) is 2.67. The molecule has 19 heavy (non-hydrogen) atoms. The third-order valence-electron chi connectivity index (χ3n) is 2.67. The number of rotatable bonds is 4. The van der Waals surface area contributed by atoms with Gasteiger partial charge in [-0.2, -0.15) is 0 Å². The highest BCUT2D eigenvalue weighted by Crippen LogP contribution is 2.18. The molecule has 1 aromatic carbocycles. The number of carbonyl (C=O) groups is 1. The van der Waals surface area contributed by atoms with Crippen LogP contribution in [0.15, 0.2) is 40.9 Å². The average molecular weight is 260 g/mol. The zero-order chi connectivity index (χ0) is 13.7. The van der Waals surface area contributed by atoms with Gasteiger partial charge in [-0.25, -0.2) is 4.79 Å². The van der Waals surface area contributed by atoms with Crippen molar-refractivity contribution >= 4 is 17.6 Å². The molecule has 0 unspecified atom stereocenters. The quantitative estimate of drug-likeness (QED) is 0.489. The maximum Gasteiger partial charge on any atom is 0.345 e. The number of hydrogen-bond donors (Lipinski definition) is 2. The second kappa shape index (κ2) is 6.04. The summed E-state index contributed by atoms with van der Waals surface area (Å²) in [4.78, 5) is 16.2. The Hall–Kier alpha value is -2.30. The molecule has 0 radical (unpaired) electrons. The van der Waals surface area contributed by atoms with Gasteiger partial charge in [0.1, 0.15) is 17.2 Å². The second-order valence-electron chi connectivity index (χ2n) is 3.97. The summed E-state index contributed by atoms with van der Waals surface area (Å²) in [6, 6.07) is 8.87. The summed E-state index contributed by atoms with van der Waals surface area (Å²) in [6.07, 6.45) is 0. The van der Waals surface area contributed by atoms with Crippen LogP contribution in [0.25, 0.3) is 5.76 Å². The first-order valence-corrected chi connectivity index (χ1v) is 6.18. The van der Waals surface area contributed by atoms with E-state index in [-0.39, 0.29) is 17.9 Å². The summed E-state index contributed by atoms with van der Waals surface area (Å²) in [5.74, 6) is -0.302. The maximum absolute atomic E-state index is 12.0. The molecular weight excluding hydrogens is 244 g/mol. The van der Waals surface area contributed by atoms with Gasteiger partial charge in [-0.05, 0) is 6.92 Å². The number of ether oxygens (including phenoxy) is 1. The number of carbonyl (C=O) groups excluding carboxylic acids is 1. The molecule has 0 saturated carbocycles. The minimum Gasteiger partial charge on any atom is -0.506 e. The van der Waals surface area contributed by atoms with Gasteiger partial charge in [-0.3, -0.25) is 4.99 Å². The van der Waals surface area contributed by atoms with Gasteiger partial charge in [0.05, 0.1) is 13.2 Å². The number of aliphatic hydroxyl groups excluding tert-OH is 1. The highest BCUT2D eigenvalue weighted by Gasteiger charge is 2.25. The molecule has 0 spiro atoms. The van der Waals surface area contributed by atoms with Crippen LogP contribution in [0.4, 0.5) is 0 Å². The lowest BCUT2D eigenvalue weighted by molar-refractivity contribution is -0.137. The smallest absolute Gasteiger partial charge is 0.345 e. The van der Waals surface area contributed by atoms with E-state index in [1.807, 2.05) is 6.07 Å². The summed E-state index contributed by atoms with van der Waals surface area (Å²) in [7, 11) is 0. The van der Waals surface area contributed by atoms with Gasteiger partial charge in [0.2, 0.25) is 0 Å². The molecule has 2 N–H and O–H groups in total. The minimum absolute atomic E-state index is 0.0885. The highest BCUT2D eigenvalue weighted by molar-refractivity contribution is 6.23. The van der Waals surface area contributed by atoms with Crippen molar-refractivity contribution in [2.24, 2.45) is 4.99 Å². The van der Waals surface area contributed by atoms with Crippen LogP contribution in [0.1, 0.15) is 12.5 Å². The van der Waals surface area contributed by atoms with Gasteiger partial charge in [-0.15, -0.1) is 0 Å². The van der Waals surface area contributed by atoms with Crippen LogP contribution in [-0.4, -0.2) is 36.6 Å². The summed E-state index contributed by atoms with van der Waals surface area (Å²) in [5, 5.41) is 13.3. The topological polar surface area (TPSA) is 70.9 Å². The normalized spacial score (nSPS) is 15.3. The molecule has 0 aliphatic carbocycles. The predicted molar refractivity (Wildman–Crippen MR) is 72.9 cm³/mol. The number of esters is 1. The Morgan fingerprint density at radius 1 is 1.42 bits per heavy atom. The zero-order valence-electron chi connectivity index (χ0n) is 10.7. The number of aliphatic imine (C=N–C) groups is 1. The van der Waals surface area contributed by atoms with E-state index >= 15 is 0 Å². The minimum atomic E-state index is -0.572. The molecular formula is C14H16N2O3. The third kappa shape index (κ3) is 2.93. The van der Waals surface area contributed by atoms with Gasteiger partial charge >= 0.3 is 5.97 Å². The Morgan fingerprint density at radius 3 is 2.74 bits per heavy atom. The fourth-order valence-electron chi connectivity index (χ4n) is 1.81. The van der Waals surface area contributed by atoms with Gasteiger partial charge in [0, 0.05) is 12.1 Å².